The molecule has 0 radical (unpaired) electrons. The van der Waals surface area contributed by atoms with E-state index in [2.05, 4.69) is 47.6 Å². The number of carbonyl (C=O) groups is 2. The minimum atomic E-state index is -1.55. The number of hydrogen-bond acceptors (Lipinski definition) is 7. The van der Waals surface area contributed by atoms with Crippen LogP contribution in [0.1, 0.15) is 106 Å². The van der Waals surface area contributed by atoms with E-state index in [1.165, 1.54) is 5.57 Å². The van der Waals surface area contributed by atoms with Gasteiger partial charge in [-0.2, -0.15) is 0 Å². The fourth-order valence-electron chi connectivity index (χ4n) is 11.7. The Balaban J connectivity index is 1.37. The van der Waals surface area contributed by atoms with Crippen molar-refractivity contribution in [3.8, 4) is 0 Å². The molecule has 7 heteroatoms. The molecule has 0 spiro atoms. The van der Waals surface area contributed by atoms with Crippen LogP contribution in [0.5, 0.6) is 0 Å². The van der Waals surface area contributed by atoms with Gasteiger partial charge < -0.3 is 25.2 Å². The van der Waals surface area contributed by atoms with Gasteiger partial charge in [-0.25, -0.2) is 0 Å². The van der Waals surface area contributed by atoms with Crippen LogP contribution in [0, 0.1) is 50.7 Å². The van der Waals surface area contributed by atoms with Crippen LogP contribution in [0.15, 0.2) is 11.6 Å². The number of aliphatic hydroxyl groups excluding tert-OH is 4. The first-order chi connectivity index (χ1) is 19.5. The normalized spacial score (nSPS) is 51.3. The first-order valence-electron chi connectivity index (χ1n) is 16.6. The van der Waals surface area contributed by atoms with E-state index >= 15 is 0 Å². The molecule has 0 aromatic rings. The lowest BCUT2D eigenvalue weighted by atomic mass is 9.37. The molecule has 1 heterocycles. The molecule has 12 atom stereocenters. The summed E-state index contributed by atoms with van der Waals surface area (Å²) in [4.78, 5) is 27.6. The van der Waals surface area contributed by atoms with Crippen LogP contribution in [0.25, 0.3) is 0 Å². The van der Waals surface area contributed by atoms with E-state index in [0.717, 1.165) is 51.4 Å². The summed E-state index contributed by atoms with van der Waals surface area (Å²) in [5.74, 6) is 1.55. The summed E-state index contributed by atoms with van der Waals surface area (Å²) in [7, 11) is 0. The quantitative estimate of drug-likeness (QED) is 0.362. The first-order valence-corrected chi connectivity index (χ1v) is 16.6. The molecule has 4 saturated carbocycles. The van der Waals surface area contributed by atoms with Crippen molar-refractivity contribution in [2.45, 2.75) is 136 Å². The Morgan fingerprint density at radius 2 is 1.57 bits per heavy atom. The van der Waals surface area contributed by atoms with Gasteiger partial charge in [-0.15, -0.1) is 0 Å². The molecular formula is C35H54O7. The van der Waals surface area contributed by atoms with Gasteiger partial charge in [0.1, 0.15) is 36.3 Å². The van der Waals surface area contributed by atoms with Crippen molar-refractivity contribution >= 4 is 11.6 Å². The number of carbonyl (C=O) groups excluding carboxylic acids is 2. The van der Waals surface area contributed by atoms with Gasteiger partial charge >= 0.3 is 0 Å². The van der Waals surface area contributed by atoms with Crippen molar-refractivity contribution < 1.29 is 34.8 Å². The Morgan fingerprint density at radius 1 is 0.857 bits per heavy atom. The number of aliphatic hydroxyl groups is 4. The summed E-state index contributed by atoms with van der Waals surface area (Å²) < 4.78 is 5.88. The van der Waals surface area contributed by atoms with E-state index in [9.17, 15) is 30.0 Å². The fraction of sp³-hybridized carbons (Fsp3) is 0.886. The zero-order valence-electron chi connectivity index (χ0n) is 26.6. The van der Waals surface area contributed by atoms with E-state index in [1.807, 2.05) is 0 Å². The number of allylic oxidation sites excluding steroid dienone is 2. The van der Waals surface area contributed by atoms with Crippen molar-refractivity contribution in [1.82, 2.24) is 0 Å². The van der Waals surface area contributed by atoms with E-state index in [0.29, 0.717) is 36.4 Å². The van der Waals surface area contributed by atoms with Gasteiger partial charge in [0, 0.05) is 17.3 Å². The summed E-state index contributed by atoms with van der Waals surface area (Å²) in [6.07, 6.45) is 4.45. The Bertz CT molecular complexity index is 1160. The number of hydrogen-bond donors (Lipinski definition) is 4. The second-order valence-corrected chi connectivity index (χ2v) is 17.0. The Labute approximate surface area is 251 Å². The number of rotatable bonds is 3. The summed E-state index contributed by atoms with van der Waals surface area (Å²) in [6, 6.07) is 0. The molecule has 0 aromatic heterocycles. The van der Waals surface area contributed by atoms with Crippen LogP contribution >= 0.6 is 0 Å². The maximum atomic E-state index is 14.6. The number of Topliss-reactive ketones (excluding diaryl/α,β-unsaturated/α-hetero) is 2. The molecule has 0 aromatic carbocycles. The predicted octanol–water partition coefficient (Wildman–Crippen LogP) is 4.38. The van der Waals surface area contributed by atoms with Crippen molar-refractivity contribution in [3.05, 3.63) is 11.6 Å². The van der Waals surface area contributed by atoms with Crippen molar-refractivity contribution in [3.63, 3.8) is 0 Å². The van der Waals surface area contributed by atoms with Crippen LogP contribution in [0.3, 0.4) is 0 Å². The Kier molecular flexibility index (Phi) is 7.31. The zero-order valence-corrected chi connectivity index (χ0v) is 26.6. The lowest BCUT2D eigenvalue weighted by Gasteiger charge is -2.67. The molecule has 1 aliphatic heterocycles. The molecule has 6 aliphatic rings. The van der Waals surface area contributed by atoms with Gasteiger partial charge in [-0.3, -0.25) is 9.59 Å². The molecule has 4 N–H and O–H groups in total. The molecule has 0 amide bonds. The van der Waals surface area contributed by atoms with E-state index in [1.54, 1.807) is 0 Å². The molecule has 5 fully saturated rings. The predicted molar refractivity (Wildman–Crippen MR) is 158 cm³/mol. The zero-order chi connectivity index (χ0) is 30.6. The van der Waals surface area contributed by atoms with E-state index < -0.39 is 42.5 Å². The number of ether oxygens (including phenoxy) is 1. The summed E-state index contributed by atoms with van der Waals surface area (Å²) in [6.45, 7) is 13.4. The van der Waals surface area contributed by atoms with Gasteiger partial charge in [0.25, 0.3) is 0 Å². The number of ketones is 2. The molecule has 6 rings (SSSR count). The van der Waals surface area contributed by atoms with Crippen LogP contribution in [-0.2, 0) is 14.3 Å². The molecule has 1 saturated heterocycles. The van der Waals surface area contributed by atoms with Crippen LogP contribution in [0.4, 0.5) is 0 Å². The van der Waals surface area contributed by atoms with Gasteiger partial charge in [0.05, 0.1) is 6.61 Å². The first kappa shape index (κ1) is 30.9. The summed E-state index contributed by atoms with van der Waals surface area (Å²) >= 11 is 0. The molecule has 236 valence electrons. The molecule has 7 unspecified atom stereocenters. The molecule has 5 aliphatic carbocycles. The fourth-order valence-corrected chi connectivity index (χ4v) is 11.7. The third-order valence-corrected chi connectivity index (χ3v) is 14.2. The summed E-state index contributed by atoms with van der Waals surface area (Å²) in [5, 5.41) is 41.7. The Morgan fingerprint density at radius 3 is 2.26 bits per heavy atom. The Hall–Kier alpha value is -1.12. The van der Waals surface area contributed by atoms with E-state index in [4.69, 9.17) is 4.74 Å². The van der Waals surface area contributed by atoms with Crippen molar-refractivity contribution in [2.75, 3.05) is 6.61 Å². The highest BCUT2D eigenvalue weighted by atomic mass is 16.5. The van der Waals surface area contributed by atoms with Crippen LogP contribution in [0.2, 0.25) is 0 Å². The minimum absolute atomic E-state index is 0.0348. The monoisotopic (exact) mass is 586 g/mol. The highest BCUT2D eigenvalue weighted by molar-refractivity contribution is 5.91. The smallest absolute Gasteiger partial charge is 0.171 e. The summed E-state index contributed by atoms with van der Waals surface area (Å²) in [5.41, 5.74) is 0.714. The lowest BCUT2D eigenvalue weighted by Crippen LogP contribution is -2.65. The SMILES string of the molecule is CC1(C)CC[C@]2(C(=O)[C@H]3OC(CO)[C@H](O)C(O)C3O)CCC3C(=CCC4[C@@]3(C)CCC3C(C)(C)C(=O)CC[C@@]34C)C2C1. The number of fused-ring (bicyclic) bond motifs is 7. The van der Waals surface area contributed by atoms with Crippen LogP contribution < -0.4 is 0 Å². The van der Waals surface area contributed by atoms with Crippen LogP contribution in [-0.4, -0.2) is 69.1 Å². The molecular weight excluding hydrogens is 532 g/mol. The molecule has 0 bridgehead atoms. The molecule has 42 heavy (non-hydrogen) atoms. The third kappa shape index (κ3) is 4.15. The van der Waals surface area contributed by atoms with Crippen molar-refractivity contribution in [1.29, 1.82) is 0 Å². The second kappa shape index (κ2) is 9.94. The second-order valence-electron chi connectivity index (χ2n) is 17.0. The van der Waals surface area contributed by atoms with E-state index in [-0.39, 0.29) is 33.4 Å². The minimum Gasteiger partial charge on any atom is -0.394 e. The van der Waals surface area contributed by atoms with Crippen molar-refractivity contribution in [2.24, 2.45) is 50.7 Å². The highest BCUT2D eigenvalue weighted by Crippen LogP contribution is 2.72. The standard InChI is InChI=1S/C35H54O7/c1-31(2)15-16-35(30(41)29-28(40)27(39)26(38)22(18-36)42-29)14-9-20-19(21(35)17-31)7-8-24-33(20,5)12-10-23-32(3,4)25(37)11-13-34(23,24)6/h7,20-24,26-29,36,38-40H,8-18H2,1-6H3/t20?,21?,22?,23?,24?,26-,27?,28?,29-,33-,34-,35+/m0/s1. The third-order valence-electron chi connectivity index (χ3n) is 14.2. The lowest BCUT2D eigenvalue weighted by molar-refractivity contribution is -0.232. The van der Waals surface area contributed by atoms with Gasteiger partial charge in [0.15, 0.2) is 5.78 Å². The average molecular weight is 587 g/mol. The maximum absolute atomic E-state index is 14.6. The van der Waals surface area contributed by atoms with Gasteiger partial charge in [-0.1, -0.05) is 53.2 Å². The topological polar surface area (TPSA) is 124 Å². The maximum Gasteiger partial charge on any atom is 0.171 e. The molecule has 7 nitrogen and oxygen atoms in total. The van der Waals surface area contributed by atoms with Gasteiger partial charge in [0.2, 0.25) is 0 Å². The largest absolute Gasteiger partial charge is 0.394 e. The highest BCUT2D eigenvalue weighted by Gasteiger charge is 2.66. The van der Waals surface area contributed by atoms with Gasteiger partial charge in [-0.05, 0) is 97.7 Å². The average Bonchev–Trinajstić information content (AvgIpc) is 2.93.